The molecule has 0 heterocycles. The molecule has 0 bridgehead atoms. The van der Waals surface area contributed by atoms with E-state index in [-0.39, 0.29) is 0 Å². The van der Waals surface area contributed by atoms with Crippen LogP contribution in [0.15, 0.2) is 0 Å². The van der Waals surface area contributed by atoms with Crippen molar-refractivity contribution in [3.63, 3.8) is 0 Å². The SMILES string of the molecule is C#CCONCC1CCCC1. The summed E-state index contributed by atoms with van der Waals surface area (Å²) in [4.78, 5) is 4.96. The third-order valence-corrected chi connectivity index (χ3v) is 2.10. The maximum atomic E-state index is 5.01. The second-order valence-electron chi connectivity index (χ2n) is 2.99. The zero-order valence-electron chi connectivity index (χ0n) is 6.81. The van der Waals surface area contributed by atoms with E-state index in [2.05, 4.69) is 11.4 Å². The Labute approximate surface area is 68.3 Å². The van der Waals surface area contributed by atoms with Crippen LogP contribution in [-0.4, -0.2) is 13.2 Å². The molecule has 0 spiro atoms. The van der Waals surface area contributed by atoms with Crippen molar-refractivity contribution in [1.29, 1.82) is 0 Å². The highest BCUT2D eigenvalue weighted by Gasteiger charge is 2.13. The number of hydrogen-bond acceptors (Lipinski definition) is 2. The fourth-order valence-electron chi connectivity index (χ4n) is 1.48. The van der Waals surface area contributed by atoms with E-state index in [9.17, 15) is 0 Å². The highest BCUT2D eigenvalue weighted by atomic mass is 16.6. The van der Waals surface area contributed by atoms with Gasteiger partial charge in [-0.25, -0.2) is 5.48 Å². The van der Waals surface area contributed by atoms with Crippen LogP contribution in [0, 0.1) is 18.3 Å². The Bertz CT molecular complexity index is 133. The Morgan fingerprint density at radius 3 is 2.82 bits per heavy atom. The molecule has 2 nitrogen and oxygen atoms in total. The van der Waals surface area contributed by atoms with Crippen molar-refractivity contribution >= 4 is 0 Å². The fourth-order valence-corrected chi connectivity index (χ4v) is 1.48. The maximum Gasteiger partial charge on any atom is 0.128 e. The second kappa shape index (κ2) is 5.17. The first-order chi connectivity index (χ1) is 5.43. The van der Waals surface area contributed by atoms with Gasteiger partial charge in [-0.05, 0) is 18.8 Å². The predicted molar refractivity (Wildman–Crippen MR) is 44.7 cm³/mol. The van der Waals surface area contributed by atoms with Crippen LogP contribution in [0.25, 0.3) is 0 Å². The minimum Gasteiger partial charge on any atom is -0.289 e. The maximum absolute atomic E-state index is 5.01. The van der Waals surface area contributed by atoms with Gasteiger partial charge in [0.05, 0.1) is 0 Å². The molecule has 0 saturated heterocycles. The highest BCUT2D eigenvalue weighted by molar-refractivity contribution is 4.82. The van der Waals surface area contributed by atoms with Crippen LogP contribution < -0.4 is 5.48 Å². The van der Waals surface area contributed by atoms with E-state index in [0.717, 1.165) is 12.5 Å². The number of terminal acetylenes is 1. The van der Waals surface area contributed by atoms with E-state index in [0.29, 0.717) is 6.61 Å². The molecular weight excluding hydrogens is 138 g/mol. The van der Waals surface area contributed by atoms with Crippen LogP contribution in [0.4, 0.5) is 0 Å². The van der Waals surface area contributed by atoms with Crippen molar-refractivity contribution in [2.45, 2.75) is 25.7 Å². The van der Waals surface area contributed by atoms with E-state index >= 15 is 0 Å². The molecule has 2 heteroatoms. The van der Waals surface area contributed by atoms with Crippen LogP contribution in [-0.2, 0) is 4.84 Å². The monoisotopic (exact) mass is 153 g/mol. The molecule has 0 atom stereocenters. The molecule has 0 aliphatic heterocycles. The van der Waals surface area contributed by atoms with Crippen LogP contribution in [0.1, 0.15) is 25.7 Å². The summed E-state index contributed by atoms with van der Waals surface area (Å²) in [6.07, 6.45) is 10.4. The van der Waals surface area contributed by atoms with Crippen molar-refractivity contribution in [1.82, 2.24) is 5.48 Å². The summed E-state index contributed by atoms with van der Waals surface area (Å²) in [6, 6.07) is 0. The number of rotatable bonds is 4. The Hall–Kier alpha value is -0.520. The molecule has 0 aromatic carbocycles. The predicted octanol–water partition coefficient (Wildman–Crippen LogP) is 1.33. The molecule has 1 rings (SSSR count). The summed E-state index contributed by atoms with van der Waals surface area (Å²) < 4.78 is 0. The lowest BCUT2D eigenvalue weighted by molar-refractivity contribution is 0.0565. The van der Waals surface area contributed by atoms with Gasteiger partial charge in [0, 0.05) is 6.54 Å². The molecule has 0 amide bonds. The van der Waals surface area contributed by atoms with Gasteiger partial charge in [0.2, 0.25) is 0 Å². The third kappa shape index (κ3) is 3.41. The number of hydrogen-bond donors (Lipinski definition) is 1. The summed E-state index contributed by atoms with van der Waals surface area (Å²) in [5, 5.41) is 0. The zero-order valence-corrected chi connectivity index (χ0v) is 6.81. The van der Waals surface area contributed by atoms with Crippen molar-refractivity contribution in [3.05, 3.63) is 0 Å². The molecule has 1 aliphatic rings. The summed E-state index contributed by atoms with van der Waals surface area (Å²) in [5.74, 6) is 3.22. The van der Waals surface area contributed by atoms with Gasteiger partial charge >= 0.3 is 0 Å². The number of nitrogens with one attached hydrogen (secondary N) is 1. The van der Waals surface area contributed by atoms with Gasteiger partial charge in [0.25, 0.3) is 0 Å². The van der Waals surface area contributed by atoms with E-state index in [1.165, 1.54) is 25.7 Å². The fraction of sp³-hybridized carbons (Fsp3) is 0.778. The van der Waals surface area contributed by atoms with E-state index < -0.39 is 0 Å². The molecule has 1 N–H and O–H groups in total. The first-order valence-corrected chi connectivity index (χ1v) is 4.21. The Kier molecular flexibility index (Phi) is 4.03. The van der Waals surface area contributed by atoms with Crippen LogP contribution in [0.3, 0.4) is 0 Å². The van der Waals surface area contributed by atoms with Crippen molar-refractivity contribution < 1.29 is 4.84 Å². The Morgan fingerprint density at radius 1 is 1.45 bits per heavy atom. The minimum atomic E-state index is 0.368. The lowest BCUT2D eigenvalue weighted by Crippen LogP contribution is -2.21. The average Bonchev–Trinajstić information content (AvgIpc) is 2.50. The van der Waals surface area contributed by atoms with E-state index in [1.807, 2.05) is 0 Å². The van der Waals surface area contributed by atoms with Gasteiger partial charge in [-0.3, -0.25) is 4.84 Å². The van der Waals surface area contributed by atoms with Gasteiger partial charge in [-0.15, -0.1) is 6.42 Å². The molecule has 0 unspecified atom stereocenters. The van der Waals surface area contributed by atoms with Crippen LogP contribution in [0.5, 0.6) is 0 Å². The molecule has 11 heavy (non-hydrogen) atoms. The smallest absolute Gasteiger partial charge is 0.128 e. The van der Waals surface area contributed by atoms with Crippen molar-refractivity contribution in [3.8, 4) is 12.3 Å². The second-order valence-corrected chi connectivity index (χ2v) is 2.99. The largest absolute Gasteiger partial charge is 0.289 e. The van der Waals surface area contributed by atoms with E-state index in [1.54, 1.807) is 0 Å². The third-order valence-electron chi connectivity index (χ3n) is 2.10. The van der Waals surface area contributed by atoms with Gasteiger partial charge in [-0.2, -0.15) is 0 Å². The normalized spacial score (nSPS) is 18.5. The lowest BCUT2D eigenvalue weighted by atomic mass is 10.1. The van der Waals surface area contributed by atoms with Gasteiger partial charge in [0.15, 0.2) is 0 Å². The van der Waals surface area contributed by atoms with Crippen LogP contribution >= 0.6 is 0 Å². The van der Waals surface area contributed by atoms with Gasteiger partial charge in [0.1, 0.15) is 6.61 Å². The molecule has 1 saturated carbocycles. The topological polar surface area (TPSA) is 21.3 Å². The molecular formula is C9H15NO. The molecule has 1 fully saturated rings. The van der Waals surface area contributed by atoms with Crippen molar-refractivity contribution in [2.75, 3.05) is 13.2 Å². The van der Waals surface area contributed by atoms with Crippen LogP contribution in [0.2, 0.25) is 0 Å². The standard InChI is InChI=1S/C9H15NO/c1-2-7-11-10-8-9-5-3-4-6-9/h1,9-10H,3-8H2. The Morgan fingerprint density at radius 2 is 2.18 bits per heavy atom. The summed E-state index contributed by atoms with van der Waals surface area (Å²) >= 11 is 0. The quantitative estimate of drug-likeness (QED) is 0.374. The average molecular weight is 153 g/mol. The lowest BCUT2D eigenvalue weighted by Gasteiger charge is -2.08. The molecule has 62 valence electrons. The molecule has 0 aromatic heterocycles. The summed E-state index contributed by atoms with van der Waals surface area (Å²) in [6.45, 7) is 1.33. The summed E-state index contributed by atoms with van der Waals surface area (Å²) in [7, 11) is 0. The number of hydroxylamine groups is 1. The first kappa shape index (κ1) is 8.58. The first-order valence-electron chi connectivity index (χ1n) is 4.21. The molecule has 0 aromatic rings. The van der Waals surface area contributed by atoms with Gasteiger partial charge in [-0.1, -0.05) is 18.8 Å². The molecule has 0 radical (unpaired) electrons. The summed E-state index contributed by atoms with van der Waals surface area (Å²) in [5.41, 5.74) is 2.89. The zero-order chi connectivity index (χ0) is 7.94. The Balaban J connectivity index is 1.90. The minimum absolute atomic E-state index is 0.368. The molecule has 1 aliphatic carbocycles. The van der Waals surface area contributed by atoms with Crippen molar-refractivity contribution in [2.24, 2.45) is 5.92 Å². The van der Waals surface area contributed by atoms with E-state index in [4.69, 9.17) is 11.3 Å². The van der Waals surface area contributed by atoms with Gasteiger partial charge < -0.3 is 0 Å². The highest BCUT2D eigenvalue weighted by Crippen LogP contribution is 2.23.